The molecule has 2 aromatic rings. The van der Waals surface area contributed by atoms with E-state index >= 15 is 0 Å². The van der Waals surface area contributed by atoms with Gasteiger partial charge in [0.25, 0.3) is 0 Å². The Labute approximate surface area is 130 Å². The first-order chi connectivity index (χ1) is 10.8. The smallest absolute Gasteiger partial charge is 0.220 e. The molecule has 1 unspecified atom stereocenters. The predicted octanol–water partition coefficient (Wildman–Crippen LogP) is 2.22. The zero-order valence-corrected chi connectivity index (χ0v) is 12.4. The summed E-state index contributed by atoms with van der Waals surface area (Å²) in [6.07, 6.45) is 1.81. The first-order valence-corrected chi connectivity index (χ1v) is 7.35. The highest BCUT2D eigenvalue weighted by Crippen LogP contribution is 2.11. The number of aryl methyl sites for hydroxylation is 1. The topological polar surface area (TPSA) is 58.2 Å². The van der Waals surface area contributed by atoms with Crippen LogP contribution in [0.4, 0.5) is 0 Å². The number of carbonyl (C=O) groups excluding carboxylic acids is 2. The van der Waals surface area contributed by atoms with Crippen LogP contribution in [0.1, 0.15) is 23.6 Å². The second-order valence-corrected chi connectivity index (χ2v) is 5.04. The van der Waals surface area contributed by atoms with Crippen LogP contribution in [0.15, 0.2) is 60.7 Å². The molecule has 0 aliphatic carbocycles. The zero-order chi connectivity index (χ0) is 15.6. The Morgan fingerprint density at radius 1 is 1.00 bits per heavy atom. The summed E-state index contributed by atoms with van der Waals surface area (Å²) in [5, 5.41) is 5.61. The second-order valence-electron chi connectivity index (χ2n) is 5.04. The summed E-state index contributed by atoms with van der Waals surface area (Å²) >= 11 is 0. The molecule has 2 amide bonds. The van der Waals surface area contributed by atoms with E-state index in [1.54, 1.807) is 0 Å². The van der Waals surface area contributed by atoms with Gasteiger partial charge in [-0.15, -0.1) is 0 Å². The molecule has 2 N–H and O–H groups in total. The van der Waals surface area contributed by atoms with Crippen LogP contribution in [0.25, 0.3) is 0 Å². The molecule has 2 aromatic carbocycles. The predicted molar refractivity (Wildman–Crippen MR) is 86.2 cm³/mol. The lowest BCUT2D eigenvalue weighted by Crippen LogP contribution is -2.34. The molecule has 0 aromatic heterocycles. The molecule has 4 heteroatoms. The summed E-state index contributed by atoms with van der Waals surface area (Å²) in [6, 6.07) is 19.3. The van der Waals surface area contributed by atoms with Gasteiger partial charge in [-0.2, -0.15) is 0 Å². The fourth-order valence-corrected chi connectivity index (χ4v) is 2.25. The molecule has 0 aliphatic rings. The lowest BCUT2D eigenvalue weighted by Gasteiger charge is -2.17. The highest BCUT2D eigenvalue weighted by atomic mass is 16.1. The van der Waals surface area contributed by atoms with Crippen molar-refractivity contribution in [2.24, 2.45) is 0 Å². The van der Waals surface area contributed by atoms with Crippen molar-refractivity contribution < 1.29 is 9.59 Å². The minimum absolute atomic E-state index is 0.0162. The van der Waals surface area contributed by atoms with Gasteiger partial charge in [0, 0.05) is 13.0 Å². The van der Waals surface area contributed by atoms with Gasteiger partial charge in [0.2, 0.25) is 12.3 Å². The number of hydrogen-bond acceptors (Lipinski definition) is 2. The maximum Gasteiger partial charge on any atom is 0.220 e. The Morgan fingerprint density at radius 3 is 2.27 bits per heavy atom. The van der Waals surface area contributed by atoms with Crippen LogP contribution in [-0.4, -0.2) is 18.9 Å². The van der Waals surface area contributed by atoms with Crippen LogP contribution in [0.3, 0.4) is 0 Å². The van der Waals surface area contributed by atoms with E-state index in [1.807, 2.05) is 60.7 Å². The minimum atomic E-state index is -0.209. The quantitative estimate of drug-likeness (QED) is 0.734. The van der Waals surface area contributed by atoms with Crippen LogP contribution >= 0.6 is 0 Å². The zero-order valence-electron chi connectivity index (χ0n) is 12.4. The molecule has 0 saturated heterocycles. The van der Waals surface area contributed by atoms with E-state index in [9.17, 15) is 9.59 Å². The van der Waals surface area contributed by atoms with Crippen LogP contribution < -0.4 is 10.6 Å². The molecule has 1 atom stereocenters. The van der Waals surface area contributed by atoms with E-state index in [2.05, 4.69) is 10.6 Å². The third-order valence-electron chi connectivity index (χ3n) is 3.46. The summed E-state index contributed by atoms with van der Waals surface area (Å²) in [5.74, 6) is -0.0162. The van der Waals surface area contributed by atoms with Gasteiger partial charge < -0.3 is 10.6 Å². The van der Waals surface area contributed by atoms with Gasteiger partial charge in [-0.05, 0) is 17.5 Å². The molecule has 114 valence electrons. The summed E-state index contributed by atoms with van der Waals surface area (Å²) in [4.78, 5) is 22.6. The highest BCUT2D eigenvalue weighted by Gasteiger charge is 2.11. The molecule has 0 bridgehead atoms. The lowest BCUT2D eigenvalue weighted by atomic mass is 10.1. The van der Waals surface area contributed by atoms with Crippen LogP contribution in [0, 0.1) is 0 Å². The Kier molecular flexibility index (Phi) is 6.18. The molecule has 0 radical (unpaired) electrons. The number of carbonyl (C=O) groups is 2. The number of hydrogen-bond donors (Lipinski definition) is 2. The van der Waals surface area contributed by atoms with Crippen molar-refractivity contribution in [2.45, 2.75) is 18.9 Å². The molecule has 0 aliphatic heterocycles. The fourth-order valence-electron chi connectivity index (χ4n) is 2.25. The van der Waals surface area contributed by atoms with E-state index in [0.717, 1.165) is 11.1 Å². The molecule has 0 saturated carbocycles. The second kappa shape index (κ2) is 8.62. The largest absolute Gasteiger partial charge is 0.354 e. The average Bonchev–Trinajstić information content (AvgIpc) is 2.58. The van der Waals surface area contributed by atoms with Crippen LogP contribution in [0.5, 0.6) is 0 Å². The first-order valence-electron chi connectivity index (χ1n) is 7.35. The van der Waals surface area contributed by atoms with E-state index in [1.165, 1.54) is 0 Å². The van der Waals surface area contributed by atoms with Crippen molar-refractivity contribution in [1.82, 2.24) is 10.6 Å². The van der Waals surface area contributed by atoms with Crippen molar-refractivity contribution in [3.8, 4) is 0 Å². The Hall–Kier alpha value is -2.62. The molecule has 0 spiro atoms. The molecule has 2 rings (SSSR count). The van der Waals surface area contributed by atoms with Gasteiger partial charge in [0.15, 0.2) is 0 Å². The van der Waals surface area contributed by atoms with E-state index in [0.29, 0.717) is 25.8 Å². The molecule has 22 heavy (non-hydrogen) atoms. The fraction of sp³-hybridized carbons (Fsp3) is 0.222. The first kappa shape index (κ1) is 15.8. The third kappa shape index (κ3) is 5.05. The van der Waals surface area contributed by atoms with Crippen molar-refractivity contribution in [1.29, 1.82) is 0 Å². The third-order valence-corrected chi connectivity index (χ3v) is 3.46. The Bertz CT molecular complexity index is 585. The highest BCUT2D eigenvalue weighted by molar-refractivity contribution is 5.76. The summed E-state index contributed by atoms with van der Waals surface area (Å²) < 4.78 is 0. The van der Waals surface area contributed by atoms with Gasteiger partial charge in [-0.3, -0.25) is 9.59 Å². The van der Waals surface area contributed by atoms with Crippen molar-refractivity contribution >= 4 is 12.3 Å². The van der Waals surface area contributed by atoms with Crippen molar-refractivity contribution in [3.05, 3.63) is 71.8 Å². The molecular weight excluding hydrogens is 276 g/mol. The number of nitrogens with one attached hydrogen (secondary N) is 2. The van der Waals surface area contributed by atoms with Crippen molar-refractivity contribution in [2.75, 3.05) is 6.54 Å². The van der Waals surface area contributed by atoms with Gasteiger partial charge in [-0.1, -0.05) is 60.7 Å². The monoisotopic (exact) mass is 296 g/mol. The number of benzene rings is 2. The summed E-state index contributed by atoms with van der Waals surface area (Å²) in [6.45, 7) is 0.385. The molecular formula is C18H20N2O2. The minimum Gasteiger partial charge on any atom is -0.354 e. The maximum atomic E-state index is 11.9. The Balaban J connectivity index is 1.81. The van der Waals surface area contributed by atoms with Gasteiger partial charge in [-0.25, -0.2) is 0 Å². The standard InChI is InChI=1S/C18H20N2O2/c21-14-20-17(16-9-5-2-6-10-16)13-19-18(22)12-11-15-7-3-1-4-8-15/h1-10,14,17H,11-13H2,(H,19,22)(H,20,21). The molecule has 4 nitrogen and oxygen atoms in total. The normalized spacial score (nSPS) is 11.5. The average molecular weight is 296 g/mol. The lowest BCUT2D eigenvalue weighted by molar-refractivity contribution is -0.121. The molecule has 0 heterocycles. The SMILES string of the molecule is O=CNC(CNC(=O)CCc1ccccc1)c1ccccc1. The van der Waals surface area contributed by atoms with E-state index in [-0.39, 0.29) is 11.9 Å². The summed E-state index contributed by atoms with van der Waals surface area (Å²) in [5.41, 5.74) is 2.11. The van der Waals surface area contributed by atoms with Crippen molar-refractivity contribution in [3.63, 3.8) is 0 Å². The van der Waals surface area contributed by atoms with E-state index in [4.69, 9.17) is 0 Å². The summed E-state index contributed by atoms with van der Waals surface area (Å²) in [7, 11) is 0. The number of rotatable bonds is 8. The van der Waals surface area contributed by atoms with Gasteiger partial charge in [0.05, 0.1) is 6.04 Å². The molecule has 0 fully saturated rings. The van der Waals surface area contributed by atoms with Crippen LogP contribution in [0.2, 0.25) is 0 Å². The van der Waals surface area contributed by atoms with Gasteiger partial charge >= 0.3 is 0 Å². The van der Waals surface area contributed by atoms with E-state index < -0.39 is 0 Å². The maximum absolute atomic E-state index is 11.9. The van der Waals surface area contributed by atoms with Gasteiger partial charge in [0.1, 0.15) is 0 Å². The number of amides is 2. The Morgan fingerprint density at radius 2 is 1.64 bits per heavy atom. The van der Waals surface area contributed by atoms with Crippen LogP contribution in [-0.2, 0) is 16.0 Å².